The van der Waals surface area contributed by atoms with Gasteiger partial charge in [-0.1, -0.05) is 48.0 Å². The zero-order chi connectivity index (χ0) is 19.4. The first kappa shape index (κ1) is 18.7. The number of esters is 1. The normalized spacial score (nSPS) is 11.7. The van der Waals surface area contributed by atoms with Crippen molar-refractivity contribution in [2.75, 3.05) is 12.4 Å². The highest BCUT2D eigenvalue weighted by Gasteiger charge is 2.18. The Bertz CT molecular complexity index is 997. The third-order valence-electron chi connectivity index (χ3n) is 4.07. The Morgan fingerprint density at radius 3 is 2.56 bits per heavy atom. The number of anilines is 1. The SMILES string of the molecule is COC(=O)c1ccc(Cl)c(NC(=O)C(C)Oc2cccc3ccccc23)c1. The first-order valence-corrected chi connectivity index (χ1v) is 8.70. The molecule has 1 N–H and O–H groups in total. The van der Waals surface area contributed by atoms with E-state index in [0.717, 1.165) is 10.8 Å². The summed E-state index contributed by atoms with van der Waals surface area (Å²) < 4.78 is 10.5. The van der Waals surface area contributed by atoms with Crippen molar-refractivity contribution >= 4 is 39.9 Å². The summed E-state index contributed by atoms with van der Waals surface area (Å²) in [5.41, 5.74) is 0.609. The molecule has 0 saturated carbocycles. The van der Waals surface area contributed by atoms with Crippen LogP contribution in [-0.2, 0) is 9.53 Å². The van der Waals surface area contributed by atoms with Gasteiger partial charge in [-0.05, 0) is 36.6 Å². The second-order valence-corrected chi connectivity index (χ2v) is 6.32. The lowest BCUT2D eigenvalue weighted by Crippen LogP contribution is -2.30. The molecule has 0 spiro atoms. The van der Waals surface area contributed by atoms with Crippen LogP contribution in [-0.4, -0.2) is 25.1 Å². The molecule has 138 valence electrons. The van der Waals surface area contributed by atoms with Gasteiger partial charge in [-0.15, -0.1) is 0 Å². The van der Waals surface area contributed by atoms with Gasteiger partial charge < -0.3 is 14.8 Å². The van der Waals surface area contributed by atoms with Crippen LogP contribution < -0.4 is 10.1 Å². The zero-order valence-corrected chi connectivity index (χ0v) is 15.6. The highest BCUT2D eigenvalue weighted by molar-refractivity contribution is 6.34. The van der Waals surface area contributed by atoms with Crippen molar-refractivity contribution < 1.29 is 19.1 Å². The number of ether oxygens (including phenoxy) is 2. The maximum atomic E-state index is 12.5. The Morgan fingerprint density at radius 1 is 1.04 bits per heavy atom. The molecule has 0 aliphatic heterocycles. The molecular weight excluding hydrogens is 366 g/mol. The minimum atomic E-state index is -0.770. The predicted molar refractivity (Wildman–Crippen MR) is 105 cm³/mol. The van der Waals surface area contributed by atoms with Gasteiger partial charge in [0, 0.05) is 5.39 Å². The molecule has 0 aromatic heterocycles. The topological polar surface area (TPSA) is 64.6 Å². The largest absolute Gasteiger partial charge is 0.480 e. The molecular formula is C21H18ClNO4. The van der Waals surface area contributed by atoms with Crippen LogP contribution in [0, 0.1) is 0 Å². The summed E-state index contributed by atoms with van der Waals surface area (Å²) in [5.74, 6) is -0.278. The average molecular weight is 384 g/mol. The number of carbonyl (C=O) groups excluding carboxylic acids is 2. The molecule has 0 saturated heterocycles. The molecule has 3 aromatic rings. The molecule has 0 radical (unpaired) electrons. The Balaban J connectivity index is 1.77. The number of rotatable bonds is 5. The standard InChI is InChI=1S/C21H18ClNO4/c1-13(27-19-9-5-7-14-6-3-4-8-16(14)19)20(24)23-18-12-15(21(25)26-2)10-11-17(18)22/h3-13H,1-2H3,(H,23,24). The van der Waals surface area contributed by atoms with Crippen molar-refractivity contribution in [3.05, 3.63) is 71.2 Å². The summed E-state index contributed by atoms with van der Waals surface area (Å²) in [4.78, 5) is 24.2. The summed E-state index contributed by atoms with van der Waals surface area (Å²) in [5, 5.41) is 4.95. The van der Waals surface area contributed by atoms with Gasteiger partial charge in [0.15, 0.2) is 6.10 Å². The number of amides is 1. The summed E-state index contributed by atoms with van der Waals surface area (Å²) in [6.45, 7) is 1.65. The van der Waals surface area contributed by atoms with Crippen molar-refractivity contribution in [2.24, 2.45) is 0 Å². The Labute approximate surface area is 161 Å². The van der Waals surface area contributed by atoms with Crippen molar-refractivity contribution in [3.8, 4) is 5.75 Å². The number of hydrogen-bond donors (Lipinski definition) is 1. The highest BCUT2D eigenvalue weighted by Crippen LogP contribution is 2.27. The first-order valence-electron chi connectivity index (χ1n) is 8.32. The van der Waals surface area contributed by atoms with E-state index in [4.69, 9.17) is 16.3 Å². The molecule has 0 aliphatic rings. The molecule has 6 heteroatoms. The van der Waals surface area contributed by atoms with Crippen LogP contribution in [0.4, 0.5) is 5.69 Å². The van der Waals surface area contributed by atoms with Gasteiger partial charge in [-0.25, -0.2) is 4.79 Å². The van der Waals surface area contributed by atoms with Crippen LogP contribution in [0.5, 0.6) is 5.75 Å². The fraction of sp³-hybridized carbons (Fsp3) is 0.143. The summed E-state index contributed by atoms with van der Waals surface area (Å²) in [7, 11) is 1.29. The van der Waals surface area contributed by atoms with E-state index in [1.807, 2.05) is 42.5 Å². The Kier molecular flexibility index (Phi) is 5.62. The lowest BCUT2D eigenvalue weighted by atomic mass is 10.1. The summed E-state index contributed by atoms with van der Waals surface area (Å²) in [6, 6.07) is 18.0. The van der Waals surface area contributed by atoms with Gasteiger partial charge in [0.25, 0.3) is 5.91 Å². The van der Waals surface area contributed by atoms with E-state index < -0.39 is 12.1 Å². The number of hydrogen-bond acceptors (Lipinski definition) is 4. The van der Waals surface area contributed by atoms with Crippen LogP contribution >= 0.6 is 11.6 Å². The minimum absolute atomic E-state index is 0.292. The van der Waals surface area contributed by atoms with Crippen LogP contribution in [0.3, 0.4) is 0 Å². The fourth-order valence-corrected chi connectivity index (χ4v) is 2.81. The molecule has 3 rings (SSSR count). The maximum Gasteiger partial charge on any atom is 0.337 e. The van der Waals surface area contributed by atoms with Gasteiger partial charge in [0.05, 0.1) is 23.4 Å². The van der Waals surface area contributed by atoms with Crippen molar-refractivity contribution in [1.82, 2.24) is 0 Å². The molecule has 5 nitrogen and oxygen atoms in total. The van der Waals surface area contributed by atoms with Gasteiger partial charge >= 0.3 is 5.97 Å². The van der Waals surface area contributed by atoms with E-state index in [1.165, 1.54) is 25.3 Å². The number of nitrogens with one attached hydrogen (secondary N) is 1. The highest BCUT2D eigenvalue weighted by atomic mass is 35.5. The number of benzene rings is 3. The number of fused-ring (bicyclic) bond motifs is 1. The molecule has 1 amide bonds. The zero-order valence-electron chi connectivity index (χ0n) is 14.9. The van der Waals surface area contributed by atoms with Gasteiger partial charge in [0.2, 0.25) is 0 Å². The van der Waals surface area contributed by atoms with Crippen molar-refractivity contribution in [2.45, 2.75) is 13.0 Å². The summed E-state index contributed by atoms with van der Waals surface area (Å²) in [6.07, 6.45) is -0.770. The maximum absolute atomic E-state index is 12.5. The van der Waals surface area contributed by atoms with Crippen LogP contribution in [0.2, 0.25) is 5.02 Å². The molecule has 0 aliphatic carbocycles. The minimum Gasteiger partial charge on any atom is -0.480 e. The Morgan fingerprint density at radius 2 is 1.78 bits per heavy atom. The van der Waals surface area contributed by atoms with Crippen LogP contribution in [0.25, 0.3) is 10.8 Å². The van der Waals surface area contributed by atoms with E-state index in [9.17, 15) is 9.59 Å². The molecule has 3 aromatic carbocycles. The smallest absolute Gasteiger partial charge is 0.337 e. The predicted octanol–water partition coefficient (Wildman–Crippen LogP) is 4.69. The number of halogens is 1. The second-order valence-electron chi connectivity index (χ2n) is 5.91. The van der Waals surface area contributed by atoms with E-state index >= 15 is 0 Å². The number of carbonyl (C=O) groups is 2. The molecule has 0 bridgehead atoms. The van der Waals surface area contributed by atoms with Crippen LogP contribution in [0.1, 0.15) is 17.3 Å². The van der Waals surface area contributed by atoms with Crippen molar-refractivity contribution in [1.29, 1.82) is 0 Å². The van der Waals surface area contributed by atoms with E-state index in [0.29, 0.717) is 22.0 Å². The average Bonchev–Trinajstić information content (AvgIpc) is 2.69. The monoisotopic (exact) mass is 383 g/mol. The molecule has 1 unspecified atom stereocenters. The lowest BCUT2D eigenvalue weighted by Gasteiger charge is -2.17. The fourth-order valence-electron chi connectivity index (χ4n) is 2.64. The Hall–Kier alpha value is -3.05. The third kappa shape index (κ3) is 4.20. The van der Waals surface area contributed by atoms with E-state index in [2.05, 4.69) is 10.1 Å². The third-order valence-corrected chi connectivity index (χ3v) is 4.40. The molecule has 0 fully saturated rings. The van der Waals surface area contributed by atoms with Gasteiger partial charge in [-0.2, -0.15) is 0 Å². The molecule has 1 atom stereocenters. The molecule has 0 heterocycles. The quantitative estimate of drug-likeness (QED) is 0.649. The van der Waals surface area contributed by atoms with E-state index in [1.54, 1.807) is 6.92 Å². The molecule has 27 heavy (non-hydrogen) atoms. The second kappa shape index (κ2) is 8.10. The van der Waals surface area contributed by atoms with Crippen molar-refractivity contribution in [3.63, 3.8) is 0 Å². The summed E-state index contributed by atoms with van der Waals surface area (Å²) >= 11 is 6.12. The van der Waals surface area contributed by atoms with Gasteiger partial charge in [0.1, 0.15) is 5.75 Å². The van der Waals surface area contributed by atoms with Crippen LogP contribution in [0.15, 0.2) is 60.7 Å². The van der Waals surface area contributed by atoms with Gasteiger partial charge in [-0.3, -0.25) is 4.79 Å². The van der Waals surface area contributed by atoms with E-state index in [-0.39, 0.29) is 5.91 Å². The number of methoxy groups -OCH3 is 1. The lowest BCUT2D eigenvalue weighted by molar-refractivity contribution is -0.122. The first-order chi connectivity index (χ1) is 13.0.